The fraction of sp³-hybridized carbons (Fsp3) is 0.600. The highest BCUT2D eigenvalue weighted by atomic mass is 16.7. The Morgan fingerprint density at radius 3 is 2.67 bits per heavy atom. The summed E-state index contributed by atoms with van der Waals surface area (Å²) in [6.07, 6.45) is 4.29. The van der Waals surface area contributed by atoms with Crippen molar-refractivity contribution in [2.24, 2.45) is 0 Å². The van der Waals surface area contributed by atoms with Crippen molar-refractivity contribution in [1.29, 1.82) is 0 Å². The zero-order valence-corrected chi connectivity index (χ0v) is 8.02. The molecule has 1 aliphatic heterocycles. The van der Waals surface area contributed by atoms with Gasteiger partial charge in [-0.05, 0) is 18.9 Å². The molecule has 0 N–H and O–H groups in total. The minimum absolute atomic E-state index is 0.413. The molecule has 1 aliphatic carbocycles. The van der Waals surface area contributed by atoms with Gasteiger partial charge in [-0.25, -0.2) is 0 Å². The minimum atomic E-state index is 0.413. The summed E-state index contributed by atoms with van der Waals surface area (Å²) in [5.41, 5.74) is 1.22. The summed E-state index contributed by atoms with van der Waals surface area (Å²) >= 11 is 0. The zero-order chi connectivity index (χ0) is 8.97. The molecule has 0 atom stereocenters. The van der Waals surface area contributed by atoms with E-state index in [1.165, 1.54) is 5.57 Å². The maximum absolute atomic E-state index is 5.26. The van der Waals surface area contributed by atoms with Crippen molar-refractivity contribution in [1.82, 2.24) is 0 Å². The Morgan fingerprint density at radius 2 is 2.00 bits per heavy atom. The lowest BCUT2D eigenvalue weighted by molar-refractivity contribution is 0.0720. The molecule has 0 bridgehead atoms. The van der Waals surface area contributed by atoms with E-state index in [0.29, 0.717) is 6.79 Å². The van der Waals surface area contributed by atoms with Crippen molar-refractivity contribution in [3.05, 3.63) is 23.2 Å². The van der Waals surface area contributed by atoms with Crippen LogP contribution < -0.4 is 0 Å². The Hall–Kier alpha value is -0.920. The Kier molecular flexibility index (Phi) is 3.20. The molecule has 2 aliphatic rings. The van der Waals surface area contributed by atoms with Crippen LogP contribution >= 0.6 is 0 Å². The van der Waals surface area contributed by atoms with Gasteiger partial charge >= 0.3 is 0 Å². The van der Waals surface area contributed by atoms with E-state index in [2.05, 4.69) is 13.0 Å². The van der Waals surface area contributed by atoms with Crippen LogP contribution in [0.1, 0.15) is 33.6 Å². The highest BCUT2D eigenvalue weighted by Gasteiger charge is 2.20. The summed E-state index contributed by atoms with van der Waals surface area (Å²) < 4.78 is 10.5. The van der Waals surface area contributed by atoms with Crippen LogP contribution in [0.5, 0.6) is 0 Å². The lowest BCUT2D eigenvalue weighted by Gasteiger charge is -2.07. The molecule has 0 aromatic carbocycles. The van der Waals surface area contributed by atoms with Crippen molar-refractivity contribution in [3.63, 3.8) is 0 Å². The normalized spacial score (nSPS) is 19.8. The molecule has 2 heteroatoms. The highest BCUT2D eigenvalue weighted by molar-refractivity contribution is 5.31. The number of ether oxygens (including phenoxy) is 2. The molecular weight excluding hydrogens is 152 g/mol. The van der Waals surface area contributed by atoms with Gasteiger partial charge in [0.2, 0.25) is 6.79 Å². The van der Waals surface area contributed by atoms with E-state index in [0.717, 1.165) is 24.4 Å². The first-order chi connectivity index (χ1) is 5.88. The molecule has 1 heterocycles. The second-order valence-corrected chi connectivity index (χ2v) is 2.58. The standard InChI is InChI=1S/C8H10O2.C2H6/c1-6-3-2-4-7-8(6)10-5-9-7;1-2/h3H,2,4-5H2,1H3;1-2H3. The van der Waals surface area contributed by atoms with Crippen LogP contribution in [0.25, 0.3) is 0 Å². The van der Waals surface area contributed by atoms with E-state index in [1.807, 2.05) is 13.8 Å². The molecule has 0 aromatic heterocycles. The van der Waals surface area contributed by atoms with Gasteiger partial charge < -0.3 is 9.47 Å². The van der Waals surface area contributed by atoms with Crippen LogP contribution in [-0.2, 0) is 9.47 Å². The van der Waals surface area contributed by atoms with Gasteiger partial charge in [0.1, 0.15) is 5.76 Å². The predicted molar refractivity (Wildman–Crippen MR) is 48.4 cm³/mol. The quantitative estimate of drug-likeness (QED) is 0.553. The lowest BCUT2D eigenvalue weighted by atomic mass is 10.1. The summed E-state index contributed by atoms with van der Waals surface area (Å²) in [7, 11) is 0. The van der Waals surface area contributed by atoms with Gasteiger partial charge in [0, 0.05) is 6.42 Å². The molecule has 0 saturated heterocycles. The fourth-order valence-corrected chi connectivity index (χ4v) is 1.34. The first kappa shape index (κ1) is 9.17. The third-order valence-electron chi connectivity index (χ3n) is 1.87. The molecule has 0 unspecified atom stereocenters. The monoisotopic (exact) mass is 168 g/mol. The second kappa shape index (κ2) is 4.19. The summed E-state index contributed by atoms with van der Waals surface area (Å²) in [6, 6.07) is 0. The van der Waals surface area contributed by atoms with Crippen LogP contribution in [0.3, 0.4) is 0 Å². The molecule has 0 aromatic rings. The third kappa shape index (κ3) is 1.63. The smallest absolute Gasteiger partial charge is 0.230 e. The van der Waals surface area contributed by atoms with E-state index in [-0.39, 0.29) is 0 Å². The molecule has 0 fully saturated rings. The van der Waals surface area contributed by atoms with E-state index < -0.39 is 0 Å². The summed E-state index contributed by atoms with van der Waals surface area (Å²) in [6.45, 7) is 6.47. The summed E-state index contributed by atoms with van der Waals surface area (Å²) in [5, 5.41) is 0. The van der Waals surface area contributed by atoms with Crippen molar-refractivity contribution in [2.75, 3.05) is 6.79 Å². The Labute approximate surface area is 73.9 Å². The van der Waals surface area contributed by atoms with Gasteiger partial charge in [-0.2, -0.15) is 0 Å². The van der Waals surface area contributed by atoms with Crippen molar-refractivity contribution in [3.8, 4) is 0 Å². The molecule has 2 rings (SSSR count). The Balaban J connectivity index is 0.000000336. The Morgan fingerprint density at radius 1 is 1.25 bits per heavy atom. The van der Waals surface area contributed by atoms with Gasteiger partial charge in [-0.15, -0.1) is 0 Å². The fourth-order valence-electron chi connectivity index (χ4n) is 1.34. The average molecular weight is 168 g/mol. The molecule has 0 spiro atoms. The van der Waals surface area contributed by atoms with Crippen LogP contribution in [0.2, 0.25) is 0 Å². The molecule has 12 heavy (non-hydrogen) atoms. The van der Waals surface area contributed by atoms with Crippen molar-refractivity contribution in [2.45, 2.75) is 33.6 Å². The lowest BCUT2D eigenvalue weighted by Crippen LogP contribution is -1.94. The van der Waals surface area contributed by atoms with E-state index in [1.54, 1.807) is 0 Å². The first-order valence-corrected chi connectivity index (χ1v) is 4.54. The molecule has 68 valence electrons. The largest absolute Gasteiger partial charge is 0.458 e. The van der Waals surface area contributed by atoms with Gasteiger partial charge in [0.15, 0.2) is 5.76 Å². The van der Waals surface area contributed by atoms with Crippen molar-refractivity contribution >= 4 is 0 Å². The van der Waals surface area contributed by atoms with Gasteiger partial charge in [0.05, 0.1) is 0 Å². The van der Waals surface area contributed by atoms with Crippen LogP contribution in [0.4, 0.5) is 0 Å². The van der Waals surface area contributed by atoms with Gasteiger partial charge in [0.25, 0.3) is 0 Å². The van der Waals surface area contributed by atoms with E-state index in [4.69, 9.17) is 9.47 Å². The average Bonchev–Trinajstić information content (AvgIpc) is 2.57. The second-order valence-electron chi connectivity index (χ2n) is 2.58. The summed E-state index contributed by atoms with van der Waals surface area (Å²) in [4.78, 5) is 0. The molecule has 0 radical (unpaired) electrons. The third-order valence-corrected chi connectivity index (χ3v) is 1.87. The maximum atomic E-state index is 5.26. The van der Waals surface area contributed by atoms with Crippen molar-refractivity contribution < 1.29 is 9.47 Å². The van der Waals surface area contributed by atoms with Gasteiger partial charge in [-0.1, -0.05) is 19.9 Å². The highest BCUT2D eigenvalue weighted by Crippen LogP contribution is 2.30. The van der Waals surface area contributed by atoms with Crippen LogP contribution in [-0.4, -0.2) is 6.79 Å². The Bertz CT molecular complexity index is 214. The van der Waals surface area contributed by atoms with Gasteiger partial charge in [-0.3, -0.25) is 0 Å². The number of rotatable bonds is 0. The maximum Gasteiger partial charge on any atom is 0.230 e. The molecule has 2 nitrogen and oxygen atoms in total. The van der Waals surface area contributed by atoms with E-state index >= 15 is 0 Å². The predicted octanol–water partition coefficient (Wildman–Crippen LogP) is 2.97. The zero-order valence-electron chi connectivity index (χ0n) is 8.02. The molecule has 0 amide bonds. The first-order valence-electron chi connectivity index (χ1n) is 4.54. The number of allylic oxidation sites excluding steroid dienone is 3. The number of hydrogen-bond acceptors (Lipinski definition) is 2. The summed E-state index contributed by atoms with van der Waals surface area (Å²) in [5.74, 6) is 2.02. The topological polar surface area (TPSA) is 18.5 Å². The minimum Gasteiger partial charge on any atom is -0.458 e. The van der Waals surface area contributed by atoms with Crippen LogP contribution in [0.15, 0.2) is 23.2 Å². The SMILES string of the molecule is CC.CC1=CCCC2=C1OCO2. The van der Waals surface area contributed by atoms with E-state index in [9.17, 15) is 0 Å². The molecular formula is C10H16O2. The van der Waals surface area contributed by atoms with Crippen LogP contribution in [0, 0.1) is 0 Å². The number of hydrogen-bond donors (Lipinski definition) is 0. The molecule has 0 saturated carbocycles.